The zero-order valence-electron chi connectivity index (χ0n) is 14.9. The zero-order chi connectivity index (χ0) is 17.7. The largest absolute Gasteiger partial charge is 0.396 e. The molecule has 0 radical (unpaired) electrons. The Morgan fingerprint density at radius 3 is 2.50 bits per heavy atom. The number of nitrogens with two attached hydrogens (primary N) is 2. The molecule has 1 atom stereocenters. The molecule has 5 rings (SSSR count). The molecule has 2 aliphatic rings. The summed E-state index contributed by atoms with van der Waals surface area (Å²) in [5.41, 5.74) is 16.9. The van der Waals surface area contributed by atoms with Crippen molar-refractivity contribution >= 4 is 22.3 Å². The van der Waals surface area contributed by atoms with Gasteiger partial charge in [0.15, 0.2) is 0 Å². The van der Waals surface area contributed by atoms with Crippen molar-refractivity contribution in [3.8, 4) is 0 Å². The van der Waals surface area contributed by atoms with Crippen molar-refractivity contribution in [2.45, 2.75) is 31.2 Å². The lowest BCUT2D eigenvalue weighted by Crippen LogP contribution is -2.36. The molecular weight excluding hydrogens is 320 g/mol. The molecule has 1 aliphatic carbocycles. The van der Waals surface area contributed by atoms with Crippen LogP contribution in [0.5, 0.6) is 0 Å². The number of hydrogen-bond donors (Lipinski definition) is 2. The molecule has 1 fully saturated rings. The predicted molar refractivity (Wildman–Crippen MR) is 107 cm³/mol. The molecule has 2 heterocycles. The number of rotatable bonds is 2. The molecule has 4 heteroatoms. The molecule has 26 heavy (non-hydrogen) atoms. The highest BCUT2D eigenvalue weighted by atomic mass is 15.2. The van der Waals surface area contributed by atoms with Crippen molar-refractivity contribution < 1.29 is 0 Å². The van der Waals surface area contributed by atoms with Gasteiger partial charge in [0.05, 0.1) is 5.69 Å². The quantitative estimate of drug-likeness (QED) is 0.740. The minimum atomic E-state index is 0.461. The summed E-state index contributed by atoms with van der Waals surface area (Å²) in [4.78, 5) is 6.76. The normalized spacial score (nSPS) is 20.7. The molecule has 4 N–H and O–H groups in total. The molecule has 132 valence electrons. The van der Waals surface area contributed by atoms with Gasteiger partial charge in [0, 0.05) is 12.2 Å². The molecule has 1 unspecified atom stereocenters. The number of aromatic nitrogens is 1. The van der Waals surface area contributed by atoms with Crippen LogP contribution in [0, 0.1) is 0 Å². The second-order valence-corrected chi connectivity index (χ2v) is 7.59. The lowest BCUT2D eigenvalue weighted by molar-refractivity contribution is 0.155. The van der Waals surface area contributed by atoms with Crippen molar-refractivity contribution in [2.24, 2.45) is 0 Å². The first-order valence-electron chi connectivity index (χ1n) is 9.47. The average molecular weight is 344 g/mol. The first kappa shape index (κ1) is 15.6. The van der Waals surface area contributed by atoms with Crippen LogP contribution in [0.4, 0.5) is 11.5 Å². The lowest BCUT2D eigenvalue weighted by atomic mass is 9.88. The standard InChI is InChI=1S/C22H24N4/c23-21-17(7-10-25-22(21)24)14-8-11-26(12-9-14)19-13-16-5-1-3-15-4-2-6-18(19)20(15)16/h1-7,10,14,19H,8-9,11-13,23H2,(H2,24,25). The van der Waals surface area contributed by atoms with Crippen molar-refractivity contribution in [2.75, 3.05) is 24.6 Å². The van der Waals surface area contributed by atoms with Gasteiger partial charge in [-0.25, -0.2) is 4.98 Å². The number of anilines is 2. The van der Waals surface area contributed by atoms with Gasteiger partial charge in [0.25, 0.3) is 0 Å². The van der Waals surface area contributed by atoms with Gasteiger partial charge in [-0.15, -0.1) is 0 Å². The Balaban J connectivity index is 1.37. The maximum atomic E-state index is 6.18. The third-order valence-corrected chi connectivity index (χ3v) is 6.26. The van der Waals surface area contributed by atoms with Crippen LogP contribution >= 0.6 is 0 Å². The molecule has 0 spiro atoms. The number of benzene rings is 2. The van der Waals surface area contributed by atoms with Crippen molar-refractivity contribution in [3.05, 3.63) is 65.4 Å². The molecular formula is C22H24N4. The second kappa shape index (κ2) is 5.99. The van der Waals surface area contributed by atoms with Crippen LogP contribution in [0.1, 0.15) is 41.5 Å². The van der Waals surface area contributed by atoms with Crippen LogP contribution in [-0.2, 0) is 6.42 Å². The van der Waals surface area contributed by atoms with Gasteiger partial charge in [0.2, 0.25) is 0 Å². The maximum absolute atomic E-state index is 6.18. The molecule has 1 saturated heterocycles. The van der Waals surface area contributed by atoms with Crippen LogP contribution in [0.25, 0.3) is 10.8 Å². The average Bonchev–Trinajstić information content (AvgIpc) is 3.05. The highest BCUT2D eigenvalue weighted by Gasteiger charge is 2.32. The smallest absolute Gasteiger partial charge is 0.146 e. The number of pyridine rings is 1. The summed E-state index contributed by atoms with van der Waals surface area (Å²) in [5, 5.41) is 2.85. The number of nitrogen functional groups attached to an aromatic ring is 2. The van der Waals surface area contributed by atoms with Crippen molar-refractivity contribution in [1.82, 2.24) is 9.88 Å². The molecule has 0 amide bonds. The number of hydrogen-bond acceptors (Lipinski definition) is 4. The van der Waals surface area contributed by atoms with Crippen LogP contribution in [0.2, 0.25) is 0 Å². The predicted octanol–water partition coefficient (Wildman–Crippen LogP) is 3.88. The number of piperidine rings is 1. The van der Waals surface area contributed by atoms with Gasteiger partial charge in [-0.05, 0) is 71.8 Å². The minimum absolute atomic E-state index is 0.461. The fraction of sp³-hybridized carbons (Fsp3) is 0.318. The molecule has 1 aliphatic heterocycles. The number of likely N-dealkylation sites (tertiary alicyclic amines) is 1. The van der Waals surface area contributed by atoms with E-state index < -0.39 is 0 Å². The Kier molecular flexibility index (Phi) is 3.61. The third-order valence-electron chi connectivity index (χ3n) is 6.26. The molecule has 3 aromatic rings. The van der Waals surface area contributed by atoms with Crippen LogP contribution in [-0.4, -0.2) is 23.0 Å². The van der Waals surface area contributed by atoms with Crippen LogP contribution in [0.3, 0.4) is 0 Å². The van der Waals surface area contributed by atoms with Gasteiger partial charge < -0.3 is 11.5 Å². The molecule has 1 aromatic heterocycles. The highest BCUT2D eigenvalue weighted by Crippen LogP contribution is 2.42. The first-order chi connectivity index (χ1) is 12.7. The van der Waals surface area contributed by atoms with E-state index in [1.165, 1.54) is 27.5 Å². The Bertz CT molecular complexity index is 968. The summed E-state index contributed by atoms with van der Waals surface area (Å²) >= 11 is 0. The van der Waals surface area contributed by atoms with E-state index in [9.17, 15) is 0 Å². The van der Waals surface area contributed by atoms with E-state index >= 15 is 0 Å². The van der Waals surface area contributed by atoms with E-state index in [0.717, 1.165) is 32.4 Å². The fourth-order valence-electron chi connectivity index (χ4n) is 4.92. The van der Waals surface area contributed by atoms with Gasteiger partial charge >= 0.3 is 0 Å². The van der Waals surface area contributed by atoms with Crippen LogP contribution in [0.15, 0.2) is 48.7 Å². The third kappa shape index (κ3) is 2.36. The lowest BCUT2D eigenvalue weighted by Gasteiger charge is -2.37. The Morgan fingerprint density at radius 1 is 0.923 bits per heavy atom. The van der Waals surface area contributed by atoms with E-state index in [2.05, 4.69) is 46.3 Å². The summed E-state index contributed by atoms with van der Waals surface area (Å²) in [6, 6.07) is 16.0. The van der Waals surface area contributed by atoms with E-state index in [1.807, 2.05) is 6.07 Å². The molecule has 0 saturated carbocycles. The van der Waals surface area contributed by atoms with Crippen molar-refractivity contribution in [1.29, 1.82) is 0 Å². The van der Waals surface area contributed by atoms with Gasteiger partial charge in [-0.3, -0.25) is 4.90 Å². The Hall–Kier alpha value is -2.59. The van der Waals surface area contributed by atoms with E-state index in [4.69, 9.17) is 11.5 Å². The monoisotopic (exact) mass is 344 g/mol. The SMILES string of the molecule is Nc1nccc(C2CCN(C3Cc4cccc5cccc3c45)CC2)c1N. The minimum Gasteiger partial charge on any atom is -0.396 e. The van der Waals surface area contributed by atoms with Gasteiger partial charge in [-0.2, -0.15) is 0 Å². The number of nitrogens with zero attached hydrogens (tertiary/aromatic N) is 2. The van der Waals surface area contributed by atoms with E-state index in [0.29, 0.717) is 23.5 Å². The summed E-state index contributed by atoms with van der Waals surface area (Å²) in [5.74, 6) is 0.943. The van der Waals surface area contributed by atoms with E-state index in [-0.39, 0.29) is 0 Å². The van der Waals surface area contributed by atoms with Crippen molar-refractivity contribution in [3.63, 3.8) is 0 Å². The summed E-state index contributed by atoms with van der Waals surface area (Å²) < 4.78 is 0. The van der Waals surface area contributed by atoms with Gasteiger partial charge in [0.1, 0.15) is 5.82 Å². The van der Waals surface area contributed by atoms with Gasteiger partial charge in [-0.1, -0.05) is 36.4 Å². The highest BCUT2D eigenvalue weighted by molar-refractivity contribution is 5.91. The molecule has 2 aromatic carbocycles. The fourth-order valence-corrected chi connectivity index (χ4v) is 4.92. The molecule has 4 nitrogen and oxygen atoms in total. The molecule has 0 bridgehead atoms. The van der Waals surface area contributed by atoms with E-state index in [1.54, 1.807) is 6.20 Å². The maximum Gasteiger partial charge on any atom is 0.146 e. The Labute approximate surface area is 153 Å². The summed E-state index contributed by atoms with van der Waals surface area (Å²) in [6.45, 7) is 2.20. The first-order valence-corrected chi connectivity index (χ1v) is 9.47. The zero-order valence-corrected chi connectivity index (χ0v) is 14.9. The summed E-state index contributed by atoms with van der Waals surface area (Å²) in [7, 11) is 0. The summed E-state index contributed by atoms with van der Waals surface area (Å²) in [6.07, 6.45) is 5.15. The Morgan fingerprint density at radius 2 is 1.69 bits per heavy atom. The van der Waals surface area contributed by atoms with Crippen LogP contribution < -0.4 is 11.5 Å². The second-order valence-electron chi connectivity index (χ2n) is 7.59. The topological polar surface area (TPSA) is 68.2 Å².